The molecule has 1 aromatic rings. The SMILES string of the molecule is CN(CCCNC(C1CC1)C1CC1)c1ccccc1. The van der Waals surface area contributed by atoms with Crippen LogP contribution in [-0.4, -0.2) is 26.2 Å². The number of nitrogens with one attached hydrogen (secondary N) is 1. The topological polar surface area (TPSA) is 15.3 Å². The lowest BCUT2D eigenvalue weighted by molar-refractivity contribution is 0.415. The Hall–Kier alpha value is -1.02. The van der Waals surface area contributed by atoms with E-state index >= 15 is 0 Å². The maximum Gasteiger partial charge on any atom is 0.0363 e. The van der Waals surface area contributed by atoms with Gasteiger partial charge in [0.1, 0.15) is 0 Å². The lowest BCUT2D eigenvalue weighted by Gasteiger charge is -2.21. The Bertz CT molecular complexity index is 370. The van der Waals surface area contributed by atoms with Crippen molar-refractivity contribution >= 4 is 5.69 Å². The van der Waals surface area contributed by atoms with Crippen LogP contribution in [-0.2, 0) is 0 Å². The predicted molar refractivity (Wildman–Crippen MR) is 81.6 cm³/mol. The molecule has 0 radical (unpaired) electrons. The second-order valence-corrected chi connectivity index (χ2v) is 6.27. The Morgan fingerprint density at radius 1 is 1.11 bits per heavy atom. The van der Waals surface area contributed by atoms with E-state index in [1.54, 1.807) is 0 Å². The maximum atomic E-state index is 3.82. The first kappa shape index (κ1) is 13.0. The summed E-state index contributed by atoms with van der Waals surface area (Å²) >= 11 is 0. The average Bonchev–Trinajstić information content (AvgIpc) is 3.32. The minimum atomic E-state index is 0.849. The van der Waals surface area contributed by atoms with E-state index in [0.717, 1.165) is 24.4 Å². The second kappa shape index (κ2) is 5.96. The van der Waals surface area contributed by atoms with Gasteiger partial charge in [0.2, 0.25) is 0 Å². The molecule has 2 aliphatic rings. The van der Waals surface area contributed by atoms with Gasteiger partial charge in [0.15, 0.2) is 0 Å². The fourth-order valence-corrected chi connectivity index (χ4v) is 3.03. The molecule has 19 heavy (non-hydrogen) atoms. The largest absolute Gasteiger partial charge is 0.375 e. The van der Waals surface area contributed by atoms with Gasteiger partial charge in [-0.15, -0.1) is 0 Å². The molecule has 2 fully saturated rings. The van der Waals surface area contributed by atoms with Gasteiger partial charge in [-0.1, -0.05) is 18.2 Å². The molecular weight excluding hydrogens is 232 g/mol. The molecule has 1 N–H and O–H groups in total. The van der Waals surface area contributed by atoms with Crippen LogP contribution >= 0.6 is 0 Å². The van der Waals surface area contributed by atoms with E-state index in [1.165, 1.54) is 44.3 Å². The van der Waals surface area contributed by atoms with Gasteiger partial charge in [0.05, 0.1) is 0 Å². The average molecular weight is 258 g/mol. The minimum Gasteiger partial charge on any atom is -0.375 e. The molecular formula is C17H26N2. The number of hydrogen-bond acceptors (Lipinski definition) is 2. The molecule has 0 aliphatic heterocycles. The van der Waals surface area contributed by atoms with Crippen molar-refractivity contribution in [3.8, 4) is 0 Å². The zero-order chi connectivity index (χ0) is 13.1. The first-order valence-electron chi connectivity index (χ1n) is 7.84. The number of para-hydroxylation sites is 1. The highest BCUT2D eigenvalue weighted by Gasteiger charge is 2.40. The molecule has 0 unspecified atom stereocenters. The molecule has 2 saturated carbocycles. The van der Waals surface area contributed by atoms with Gasteiger partial charge in [-0.05, 0) is 62.6 Å². The van der Waals surface area contributed by atoms with Crippen LogP contribution in [0.4, 0.5) is 5.69 Å². The highest BCUT2D eigenvalue weighted by Crippen LogP contribution is 2.44. The predicted octanol–water partition coefficient (Wildman–Crippen LogP) is 3.29. The highest BCUT2D eigenvalue weighted by molar-refractivity contribution is 5.44. The van der Waals surface area contributed by atoms with Gasteiger partial charge in [0, 0.05) is 25.3 Å². The summed E-state index contributed by atoms with van der Waals surface area (Å²) in [6, 6.07) is 11.5. The van der Waals surface area contributed by atoms with Gasteiger partial charge in [-0.25, -0.2) is 0 Å². The van der Waals surface area contributed by atoms with E-state index < -0.39 is 0 Å². The fourth-order valence-electron chi connectivity index (χ4n) is 3.03. The van der Waals surface area contributed by atoms with Crippen molar-refractivity contribution in [1.82, 2.24) is 5.32 Å². The molecule has 0 heterocycles. The number of hydrogen-bond donors (Lipinski definition) is 1. The molecule has 2 heteroatoms. The van der Waals surface area contributed by atoms with Crippen LogP contribution in [0.2, 0.25) is 0 Å². The summed E-state index contributed by atoms with van der Waals surface area (Å²) in [5.74, 6) is 2.03. The van der Waals surface area contributed by atoms with Gasteiger partial charge in [-0.3, -0.25) is 0 Å². The number of rotatable bonds is 8. The van der Waals surface area contributed by atoms with Crippen molar-refractivity contribution in [2.75, 3.05) is 25.0 Å². The molecule has 0 saturated heterocycles. The smallest absolute Gasteiger partial charge is 0.0363 e. The van der Waals surface area contributed by atoms with Crippen LogP contribution in [0.3, 0.4) is 0 Å². The van der Waals surface area contributed by atoms with E-state index in [-0.39, 0.29) is 0 Å². The maximum absolute atomic E-state index is 3.82. The lowest BCUT2D eigenvalue weighted by atomic mass is 10.1. The fraction of sp³-hybridized carbons (Fsp3) is 0.647. The number of nitrogens with zero attached hydrogens (tertiary/aromatic N) is 1. The van der Waals surface area contributed by atoms with E-state index in [1.807, 2.05) is 0 Å². The van der Waals surface area contributed by atoms with Crippen LogP contribution in [0.5, 0.6) is 0 Å². The third-order valence-corrected chi connectivity index (χ3v) is 4.51. The molecule has 2 aliphatic carbocycles. The molecule has 104 valence electrons. The normalized spacial score (nSPS) is 18.8. The molecule has 0 bridgehead atoms. The van der Waals surface area contributed by atoms with E-state index in [9.17, 15) is 0 Å². The van der Waals surface area contributed by atoms with Crippen LogP contribution in [0.1, 0.15) is 32.1 Å². The summed E-state index contributed by atoms with van der Waals surface area (Å²) in [4.78, 5) is 2.35. The van der Waals surface area contributed by atoms with Crippen LogP contribution in [0, 0.1) is 11.8 Å². The summed E-state index contributed by atoms with van der Waals surface area (Å²) < 4.78 is 0. The molecule has 0 aromatic heterocycles. The monoisotopic (exact) mass is 258 g/mol. The van der Waals surface area contributed by atoms with Crippen molar-refractivity contribution in [1.29, 1.82) is 0 Å². The summed E-state index contributed by atoms with van der Waals surface area (Å²) in [5.41, 5.74) is 1.32. The van der Waals surface area contributed by atoms with E-state index in [2.05, 4.69) is 47.6 Å². The van der Waals surface area contributed by atoms with Crippen molar-refractivity contribution in [3.63, 3.8) is 0 Å². The van der Waals surface area contributed by atoms with Gasteiger partial charge in [-0.2, -0.15) is 0 Å². The Kier molecular flexibility index (Phi) is 4.07. The highest BCUT2D eigenvalue weighted by atomic mass is 15.1. The van der Waals surface area contributed by atoms with Crippen molar-refractivity contribution in [3.05, 3.63) is 30.3 Å². The van der Waals surface area contributed by atoms with Crippen molar-refractivity contribution in [2.24, 2.45) is 11.8 Å². The number of anilines is 1. The van der Waals surface area contributed by atoms with E-state index in [0.29, 0.717) is 0 Å². The Morgan fingerprint density at radius 2 is 1.74 bits per heavy atom. The van der Waals surface area contributed by atoms with Crippen molar-refractivity contribution in [2.45, 2.75) is 38.1 Å². The van der Waals surface area contributed by atoms with Crippen LogP contribution in [0.15, 0.2) is 30.3 Å². The third kappa shape index (κ3) is 3.73. The summed E-state index contributed by atoms with van der Waals surface area (Å²) in [5, 5.41) is 3.82. The van der Waals surface area contributed by atoms with Crippen molar-refractivity contribution < 1.29 is 0 Å². The first-order valence-corrected chi connectivity index (χ1v) is 7.84. The minimum absolute atomic E-state index is 0.849. The van der Waals surface area contributed by atoms with Gasteiger partial charge < -0.3 is 10.2 Å². The molecule has 3 rings (SSSR count). The van der Waals surface area contributed by atoms with Crippen LogP contribution < -0.4 is 10.2 Å². The van der Waals surface area contributed by atoms with Gasteiger partial charge in [0.25, 0.3) is 0 Å². The Balaban J connectivity index is 1.36. The molecule has 2 nitrogen and oxygen atoms in total. The number of benzene rings is 1. The van der Waals surface area contributed by atoms with Crippen LogP contribution in [0.25, 0.3) is 0 Å². The van der Waals surface area contributed by atoms with E-state index in [4.69, 9.17) is 0 Å². The second-order valence-electron chi connectivity index (χ2n) is 6.27. The Morgan fingerprint density at radius 3 is 2.32 bits per heavy atom. The summed E-state index contributed by atoms with van der Waals surface area (Å²) in [6.07, 6.45) is 7.12. The lowest BCUT2D eigenvalue weighted by Crippen LogP contribution is -2.35. The third-order valence-electron chi connectivity index (χ3n) is 4.51. The molecule has 0 amide bonds. The molecule has 1 aromatic carbocycles. The molecule has 0 spiro atoms. The standard InChI is InChI=1S/C17H26N2/c1-19(16-6-3-2-4-7-16)13-5-12-18-17(14-8-9-14)15-10-11-15/h2-4,6-7,14-15,17-18H,5,8-13H2,1H3. The quantitative estimate of drug-likeness (QED) is 0.720. The zero-order valence-electron chi connectivity index (χ0n) is 12.0. The molecule has 0 atom stereocenters. The zero-order valence-corrected chi connectivity index (χ0v) is 12.0. The first-order chi connectivity index (χ1) is 9.34. The summed E-state index contributed by atoms with van der Waals surface area (Å²) in [6.45, 7) is 2.31. The summed E-state index contributed by atoms with van der Waals surface area (Å²) in [7, 11) is 2.19. The van der Waals surface area contributed by atoms with Gasteiger partial charge >= 0.3 is 0 Å². The Labute approximate surface area is 117 Å².